The van der Waals surface area contributed by atoms with Crippen LogP contribution in [0.25, 0.3) is 33.6 Å². The third-order valence-electron chi connectivity index (χ3n) is 8.03. The lowest BCUT2D eigenvalue weighted by molar-refractivity contribution is -0.134. The molecule has 0 saturated heterocycles. The first kappa shape index (κ1) is 29.8. The average Bonchev–Trinajstić information content (AvgIpc) is 3.34. The Morgan fingerprint density at radius 3 is 2.40 bits per heavy atom. The number of nitrogens with zero attached hydrogens (tertiary/aromatic N) is 2. The molecule has 1 N–H and O–H groups in total. The van der Waals surface area contributed by atoms with Gasteiger partial charge in [0, 0.05) is 31.0 Å². The summed E-state index contributed by atoms with van der Waals surface area (Å²) in [7, 11) is 2.90. The summed E-state index contributed by atoms with van der Waals surface area (Å²) in [5.74, 6) is -0.198. The fourth-order valence-electron chi connectivity index (χ4n) is 5.45. The number of rotatable bonds is 9. The van der Waals surface area contributed by atoms with Crippen LogP contribution in [0.1, 0.15) is 64.1 Å². The zero-order valence-electron chi connectivity index (χ0n) is 24.0. The predicted molar refractivity (Wildman–Crippen MR) is 155 cm³/mol. The van der Waals surface area contributed by atoms with Gasteiger partial charge in [-0.15, -0.1) is 0 Å². The van der Waals surface area contributed by atoms with Gasteiger partial charge in [0.15, 0.2) is 5.78 Å². The van der Waals surface area contributed by atoms with Crippen molar-refractivity contribution in [3.8, 4) is 34.3 Å². The number of carbonyl (C=O) groups is 2. The molecule has 0 bridgehead atoms. The largest absolute Gasteiger partial charge is 0.496 e. The summed E-state index contributed by atoms with van der Waals surface area (Å²) in [6, 6.07) is 16.0. The van der Waals surface area contributed by atoms with Gasteiger partial charge in [0.05, 0.1) is 40.8 Å². The molecule has 1 fully saturated rings. The first-order valence-electron chi connectivity index (χ1n) is 13.9. The number of amides is 1. The molecule has 43 heavy (non-hydrogen) atoms. The van der Waals surface area contributed by atoms with Gasteiger partial charge in [0.1, 0.15) is 11.5 Å². The number of aromatic nitrogens is 1. The fourth-order valence-corrected chi connectivity index (χ4v) is 5.45. The Labute approximate surface area is 246 Å². The lowest BCUT2D eigenvalue weighted by Crippen LogP contribution is -2.30. The van der Waals surface area contributed by atoms with Crippen LogP contribution < -0.4 is 10.1 Å². The molecule has 1 aliphatic carbocycles. The van der Waals surface area contributed by atoms with E-state index in [4.69, 9.17) is 9.15 Å². The van der Waals surface area contributed by atoms with E-state index in [1.165, 1.54) is 14.2 Å². The number of furan rings is 1. The lowest BCUT2D eigenvalue weighted by atomic mass is 9.66. The highest BCUT2D eigenvalue weighted by atomic mass is 19.4. The highest BCUT2D eigenvalue weighted by Gasteiger charge is 2.40. The van der Waals surface area contributed by atoms with Crippen LogP contribution in [0.15, 0.2) is 52.9 Å². The molecule has 10 heteroatoms. The van der Waals surface area contributed by atoms with Crippen molar-refractivity contribution in [2.24, 2.45) is 5.41 Å². The first-order chi connectivity index (χ1) is 20.5. The smallest absolute Gasteiger partial charge is 0.389 e. The molecule has 1 saturated carbocycles. The maximum atomic E-state index is 13.4. The van der Waals surface area contributed by atoms with Gasteiger partial charge in [-0.2, -0.15) is 18.4 Å². The summed E-state index contributed by atoms with van der Waals surface area (Å²) in [5.41, 5.74) is 2.20. The van der Waals surface area contributed by atoms with Crippen molar-refractivity contribution in [2.45, 2.75) is 51.6 Å². The quantitative estimate of drug-likeness (QED) is 0.202. The minimum atomic E-state index is -4.44. The summed E-state index contributed by atoms with van der Waals surface area (Å²) >= 11 is 0. The van der Waals surface area contributed by atoms with Gasteiger partial charge in [0.25, 0.3) is 5.91 Å². The number of aryl methyl sites for hydroxylation is 2. The van der Waals surface area contributed by atoms with Crippen LogP contribution in [0.5, 0.6) is 5.75 Å². The number of ketones is 1. The number of ether oxygens (including phenoxy) is 1. The van der Waals surface area contributed by atoms with Gasteiger partial charge >= 0.3 is 6.18 Å². The lowest BCUT2D eigenvalue weighted by Gasteiger charge is -2.34. The van der Waals surface area contributed by atoms with E-state index in [0.29, 0.717) is 40.7 Å². The molecule has 0 radical (unpaired) electrons. The van der Waals surface area contributed by atoms with Crippen molar-refractivity contribution in [3.05, 3.63) is 70.9 Å². The molecule has 1 aliphatic rings. The number of pyridine rings is 1. The third-order valence-corrected chi connectivity index (χ3v) is 8.03. The number of alkyl halides is 3. The number of nitrogens with one attached hydrogen (secondary N) is 1. The Balaban J connectivity index is 1.70. The van der Waals surface area contributed by atoms with E-state index in [-0.39, 0.29) is 40.5 Å². The molecule has 5 rings (SSSR count). The zero-order chi connectivity index (χ0) is 30.9. The number of carbonyl (C=O) groups excluding carboxylic acids is 2. The molecule has 0 unspecified atom stereocenters. The van der Waals surface area contributed by atoms with Crippen LogP contribution in [0.2, 0.25) is 0 Å². The van der Waals surface area contributed by atoms with Crippen LogP contribution in [0.3, 0.4) is 0 Å². The summed E-state index contributed by atoms with van der Waals surface area (Å²) < 4.78 is 51.6. The van der Waals surface area contributed by atoms with Gasteiger partial charge < -0.3 is 14.5 Å². The van der Waals surface area contributed by atoms with Crippen LogP contribution in [-0.2, 0) is 6.42 Å². The molecular formula is C33H30F3N3O4. The van der Waals surface area contributed by atoms with Crippen molar-refractivity contribution in [1.82, 2.24) is 10.3 Å². The molecule has 0 atom stereocenters. The summed E-state index contributed by atoms with van der Waals surface area (Å²) in [5, 5.41) is 12.6. The molecule has 0 aliphatic heterocycles. The Hall–Kier alpha value is -4.65. The summed E-state index contributed by atoms with van der Waals surface area (Å²) in [6.07, 6.45) is -3.86. The van der Waals surface area contributed by atoms with Crippen LogP contribution in [-0.4, -0.2) is 37.0 Å². The number of nitriles is 1. The van der Waals surface area contributed by atoms with E-state index in [9.17, 15) is 28.0 Å². The molecule has 2 aromatic heterocycles. The number of Topliss-reactive ketones (excluding diaryl/α,β-unsaturated/α-hetero) is 1. The fraction of sp³-hybridized carbons (Fsp3) is 0.333. The standard InChI is InChI=1S/C33H30F3N3O4/c1-19-5-7-20(8-6-19)29-28(30(41)38-2)24-16-22(25(39-31(24)43-29)11-14-33(34,35)36)21-9-10-27(42-3)23(15-21)26(40)17-32(18-37)12-4-13-32/h5-10,15-16H,4,11-14,17H2,1-3H3,(H,38,41). The van der Waals surface area contributed by atoms with Crippen LogP contribution >= 0.6 is 0 Å². The number of halogens is 3. The Morgan fingerprint density at radius 2 is 1.81 bits per heavy atom. The van der Waals surface area contributed by atoms with E-state index < -0.39 is 30.3 Å². The molecule has 2 heterocycles. The normalized spacial score (nSPS) is 14.2. The minimum absolute atomic E-state index is 0.0178. The van der Waals surface area contributed by atoms with Gasteiger partial charge in [-0.3, -0.25) is 9.59 Å². The predicted octanol–water partition coefficient (Wildman–Crippen LogP) is 7.60. The van der Waals surface area contributed by atoms with E-state index >= 15 is 0 Å². The van der Waals surface area contributed by atoms with Crippen molar-refractivity contribution >= 4 is 22.8 Å². The second kappa shape index (κ2) is 11.6. The van der Waals surface area contributed by atoms with Gasteiger partial charge in [0.2, 0.25) is 5.71 Å². The Kier molecular flexibility index (Phi) is 8.02. The zero-order valence-corrected chi connectivity index (χ0v) is 24.0. The molecule has 1 amide bonds. The van der Waals surface area contributed by atoms with E-state index in [1.807, 2.05) is 19.1 Å². The first-order valence-corrected chi connectivity index (χ1v) is 13.9. The number of hydrogen-bond acceptors (Lipinski definition) is 6. The maximum Gasteiger partial charge on any atom is 0.389 e. The molecule has 7 nitrogen and oxygen atoms in total. The average molecular weight is 590 g/mol. The third kappa shape index (κ3) is 5.98. The minimum Gasteiger partial charge on any atom is -0.496 e. The molecule has 0 spiro atoms. The molecule has 4 aromatic rings. The topological polar surface area (TPSA) is 105 Å². The van der Waals surface area contributed by atoms with Crippen molar-refractivity contribution < 1.29 is 31.9 Å². The Morgan fingerprint density at radius 1 is 1.12 bits per heavy atom. The Bertz CT molecular complexity index is 1750. The number of fused-ring (bicyclic) bond motifs is 1. The SMILES string of the molecule is CNC(=O)c1c(-c2ccc(C)cc2)oc2nc(CCC(F)(F)F)c(-c3ccc(OC)c(C(=O)CC4(C#N)CCC4)c3)cc12. The van der Waals surface area contributed by atoms with Gasteiger partial charge in [-0.25, -0.2) is 4.98 Å². The number of hydrogen-bond donors (Lipinski definition) is 1. The van der Waals surface area contributed by atoms with E-state index in [2.05, 4.69) is 16.4 Å². The number of benzene rings is 2. The van der Waals surface area contributed by atoms with Crippen molar-refractivity contribution in [3.63, 3.8) is 0 Å². The van der Waals surface area contributed by atoms with Crippen LogP contribution in [0.4, 0.5) is 13.2 Å². The highest BCUT2D eigenvalue weighted by molar-refractivity contribution is 6.11. The van der Waals surface area contributed by atoms with Gasteiger partial charge in [-0.05, 0) is 49.9 Å². The molecular weight excluding hydrogens is 559 g/mol. The van der Waals surface area contributed by atoms with E-state index in [0.717, 1.165) is 12.0 Å². The van der Waals surface area contributed by atoms with Gasteiger partial charge in [-0.1, -0.05) is 42.3 Å². The second-order valence-electron chi connectivity index (χ2n) is 11.0. The monoisotopic (exact) mass is 589 g/mol. The van der Waals surface area contributed by atoms with E-state index in [1.54, 1.807) is 36.4 Å². The number of methoxy groups -OCH3 is 1. The summed E-state index contributed by atoms with van der Waals surface area (Å²) in [6.45, 7) is 1.92. The van der Waals surface area contributed by atoms with Crippen molar-refractivity contribution in [1.29, 1.82) is 5.26 Å². The summed E-state index contributed by atoms with van der Waals surface area (Å²) in [4.78, 5) is 31.1. The molecule has 2 aromatic carbocycles. The molecule has 222 valence electrons. The van der Waals surface area contributed by atoms with Crippen LogP contribution in [0, 0.1) is 23.7 Å². The second-order valence-corrected chi connectivity index (χ2v) is 11.0. The maximum absolute atomic E-state index is 13.4. The van der Waals surface area contributed by atoms with Crippen molar-refractivity contribution in [2.75, 3.05) is 14.2 Å². The highest BCUT2D eigenvalue weighted by Crippen LogP contribution is 2.45.